The van der Waals surface area contributed by atoms with Crippen LogP contribution in [-0.4, -0.2) is 22.4 Å². The lowest BCUT2D eigenvalue weighted by Gasteiger charge is -2.21. The van der Waals surface area contributed by atoms with Crippen LogP contribution in [0.15, 0.2) is 29.8 Å². The van der Waals surface area contributed by atoms with Crippen LogP contribution in [0.25, 0.3) is 0 Å². The molecule has 0 unspecified atom stereocenters. The second kappa shape index (κ2) is 6.19. The summed E-state index contributed by atoms with van der Waals surface area (Å²) in [7, 11) is 0. The number of nitro benzene ring substituents is 2. The minimum atomic E-state index is -0.790. The van der Waals surface area contributed by atoms with Crippen LogP contribution in [0.3, 0.4) is 0 Å². The molecule has 2 aliphatic carbocycles. The van der Waals surface area contributed by atoms with Gasteiger partial charge in [-0.3, -0.25) is 20.2 Å². The number of benzene rings is 1. The summed E-state index contributed by atoms with van der Waals surface area (Å²) in [5.74, 6) is 0.472. The number of esters is 1. The summed E-state index contributed by atoms with van der Waals surface area (Å²) in [4.78, 5) is 32.6. The minimum absolute atomic E-state index is 0.107. The van der Waals surface area contributed by atoms with Crippen LogP contribution in [0.4, 0.5) is 11.4 Å². The van der Waals surface area contributed by atoms with E-state index in [2.05, 4.69) is 19.9 Å². The number of fused-ring (bicyclic) bond motifs is 1. The third kappa shape index (κ3) is 3.18. The van der Waals surface area contributed by atoms with Gasteiger partial charge in [0.15, 0.2) is 0 Å². The summed E-state index contributed by atoms with van der Waals surface area (Å²) in [5.41, 5.74) is 0.244. The van der Waals surface area contributed by atoms with Crippen molar-refractivity contribution in [3.05, 3.63) is 55.6 Å². The smallest absolute Gasteiger partial charge is 0.338 e. The van der Waals surface area contributed by atoms with E-state index in [9.17, 15) is 25.0 Å². The fraction of sp³-hybridized carbons (Fsp3) is 0.500. The molecule has 2 aliphatic rings. The van der Waals surface area contributed by atoms with Gasteiger partial charge in [-0.05, 0) is 30.6 Å². The van der Waals surface area contributed by atoms with Crippen LogP contribution < -0.4 is 0 Å². The summed E-state index contributed by atoms with van der Waals surface area (Å²) in [6.45, 7) is 6.63. The Morgan fingerprint density at radius 3 is 2.31 bits per heavy atom. The molecule has 0 aliphatic heterocycles. The lowest BCUT2D eigenvalue weighted by molar-refractivity contribution is -0.394. The first kappa shape index (κ1) is 18.0. The van der Waals surface area contributed by atoms with Crippen LogP contribution >= 0.6 is 0 Å². The molecule has 1 aromatic rings. The number of carbonyl (C=O) groups excluding carboxylic acids is 1. The van der Waals surface area contributed by atoms with E-state index in [0.717, 1.165) is 24.6 Å². The van der Waals surface area contributed by atoms with Crippen molar-refractivity contribution in [1.82, 2.24) is 0 Å². The molecule has 0 saturated heterocycles. The normalized spacial score (nSPS) is 25.7. The second-order valence-electron chi connectivity index (χ2n) is 7.65. The summed E-state index contributed by atoms with van der Waals surface area (Å²) < 4.78 is 5.32. The van der Waals surface area contributed by atoms with Gasteiger partial charge in [-0.25, -0.2) is 4.79 Å². The molecule has 1 saturated carbocycles. The van der Waals surface area contributed by atoms with Crippen molar-refractivity contribution in [3.63, 3.8) is 0 Å². The van der Waals surface area contributed by atoms with E-state index in [-0.39, 0.29) is 23.5 Å². The van der Waals surface area contributed by atoms with Gasteiger partial charge in [0, 0.05) is 18.1 Å². The molecule has 1 aromatic carbocycles. The Morgan fingerprint density at radius 1 is 1.19 bits per heavy atom. The van der Waals surface area contributed by atoms with Gasteiger partial charge in [0.25, 0.3) is 11.4 Å². The van der Waals surface area contributed by atoms with Gasteiger partial charge in [0.1, 0.15) is 0 Å². The fourth-order valence-corrected chi connectivity index (χ4v) is 3.86. The highest BCUT2D eigenvalue weighted by Crippen LogP contribution is 2.64. The quantitative estimate of drug-likeness (QED) is 0.341. The third-order valence-electron chi connectivity index (χ3n) is 5.74. The first-order valence-corrected chi connectivity index (χ1v) is 8.40. The molecule has 0 N–H and O–H groups in total. The maximum absolute atomic E-state index is 12.3. The van der Waals surface area contributed by atoms with E-state index in [0.29, 0.717) is 11.8 Å². The Labute approximate surface area is 150 Å². The van der Waals surface area contributed by atoms with E-state index in [4.69, 9.17) is 4.74 Å². The van der Waals surface area contributed by atoms with Gasteiger partial charge < -0.3 is 4.74 Å². The Balaban J connectivity index is 1.71. The summed E-state index contributed by atoms with van der Waals surface area (Å²) in [6, 6.07) is 2.82. The Bertz CT molecular complexity index is 797. The van der Waals surface area contributed by atoms with Gasteiger partial charge in [-0.1, -0.05) is 25.5 Å². The average molecular weight is 360 g/mol. The van der Waals surface area contributed by atoms with Crippen molar-refractivity contribution < 1.29 is 19.4 Å². The molecule has 1 fully saturated rings. The molecule has 26 heavy (non-hydrogen) atoms. The topological polar surface area (TPSA) is 113 Å². The van der Waals surface area contributed by atoms with Crippen LogP contribution in [0.5, 0.6) is 0 Å². The number of carbonyl (C=O) groups is 1. The molecule has 0 aromatic heterocycles. The van der Waals surface area contributed by atoms with Crippen LogP contribution in [0.2, 0.25) is 0 Å². The van der Waals surface area contributed by atoms with E-state index in [1.165, 1.54) is 5.57 Å². The zero-order valence-electron chi connectivity index (χ0n) is 14.8. The van der Waals surface area contributed by atoms with Crippen molar-refractivity contribution in [1.29, 1.82) is 0 Å². The van der Waals surface area contributed by atoms with Crippen LogP contribution in [-0.2, 0) is 4.74 Å². The first-order valence-electron chi connectivity index (χ1n) is 8.40. The number of non-ortho nitro benzene ring substituents is 2. The predicted octanol–water partition coefficient (Wildman–Crippen LogP) is 3.90. The van der Waals surface area contributed by atoms with Crippen molar-refractivity contribution in [2.75, 3.05) is 6.61 Å². The standard InChI is InChI=1S/C18H20N2O6/c1-10-4-15-16(18(15,2)3)7-12(10)9-26-17(21)11-5-13(19(22)23)8-14(6-11)20(24)25/h4-6,8,12,15-16H,7,9H2,1-3H3/t12-,15+,16+/m0/s1. The van der Waals surface area contributed by atoms with Crippen LogP contribution in [0.1, 0.15) is 37.6 Å². The van der Waals surface area contributed by atoms with E-state index >= 15 is 0 Å². The molecule has 0 radical (unpaired) electrons. The number of hydrogen-bond acceptors (Lipinski definition) is 6. The van der Waals surface area contributed by atoms with Gasteiger partial charge in [0.05, 0.1) is 28.1 Å². The monoisotopic (exact) mass is 360 g/mol. The molecule has 138 valence electrons. The zero-order chi connectivity index (χ0) is 19.2. The summed E-state index contributed by atoms with van der Waals surface area (Å²) >= 11 is 0. The molecular formula is C18H20N2O6. The fourth-order valence-electron chi connectivity index (χ4n) is 3.86. The van der Waals surface area contributed by atoms with Gasteiger partial charge in [0.2, 0.25) is 0 Å². The number of nitrogens with zero attached hydrogens (tertiary/aromatic N) is 2. The van der Waals surface area contributed by atoms with Gasteiger partial charge in [-0.2, -0.15) is 0 Å². The number of rotatable bonds is 5. The molecule has 0 heterocycles. The average Bonchev–Trinajstić information content (AvgIpc) is 3.11. The maximum Gasteiger partial charge on any atom is 0.338 e. The highest BCUT2D eigenvalue weighted by molar-refractivity contribution is 5.91. The molecule has 3 rings (SSSR count). The third-order valence-corrected chi connectivity index (χ3v) is 5.74. The number of ether oxygens (including phenoxy) is 1. The molecule has 3 atom stereocenters. The van der Waals surface area contributed by atoms with Crippen molar-refractivity contribution in [3.8, 4) is 0 Å². The summed E-state index contributed by atoms with van der Waals surface area (Å²) in [6.07, 6.45) is 3.17. The van der Waals surface area contributed by atoms with Crippen molar-refractivity contribution in [2.45, 2.75) is 27.2 Å². The lowest BCUT2D eigenvalue weighted by Crippen LogP contribution is -2.18. The van der Waals surface area contributed by atoms with E-state index < -0.39 is 27.2 Å². The molecular weight excluding hydrogens is 340 g/mol. The molecule has 0 spiro atoms. The number of allylic oxidation sites excluding steroid dienone is 1. The van der Waals surface area contributed by atoms with Gasteiger partial charge in [-0.15, -0.1) is 0 Å². The Kier molecular flexibility index (Phi) is 4.29. The minimum Gasteiger partial charge on any atom is -0.461 e. The highest BCUT2D eigenvalue weighted by atomic mass is 16.6. The Hall–Kier alpha value is -2.77. The zero-order valence-corrected chi connectivity index (χ0v) is 14.8. The Morgan fingerprint density at radius 2 is 1.77 bits per heavy atom. The van der Waals surface area contributed by atoms with E-state index in [1.807, 2.05) is 6.92 Å². The first-order chi connectivity index (χ1) is 12.1. The van der Waals surface area contributed by atoms with Crippen molar-refractivity contribution >= 4 is 17.3 Å². The maximum atomic E-state index is 12.3. The highest BCUT2D eigenvalue weighted by Gasteiger charge is 2.58. The van der Waals surface area contributed by atoms with E-state index in [1.54, 1.807) is 0 Å². The largest absolute Gasteiger partial charge is 0.461 e. The molecule has 0 bridgehead atoms. The number of hydrogen-bond donors (Lipinski definition) is 0. The van der Waals surface area contributed by atoms with Gasteiger partial charge >= 0.3 is 5.97 Å². The molecule has 8 heteroatoms. The second-order valence-corrected chi connectivity index (χ2v) is 7.65. The number of nitro groups is 2. The van der Waals surface area contributed by atoms with Crippen molar-refractivity contribution in [2.24, 2.45) is 23.2 Å². The SMILES string of the molecule is CC1=C[C@@H]2[C@@H](C[C@H]1COC(=O)c1cc([N+](=O)[O-])cc([N+](=O)[O-])c1)C2(C)C. The predicted molar refractivity (Wildman–Crippen MR) is 92.7 cm³/mol. The molecule has 0 amide bonds. The van der Waals surface area contributed by atoms with Crippen LogP contribution in [0, 0.1) is 43.4 Å². The lowest BCUT2D eigenvalue weighted by atomic mass is 9.89. The molecule has 8 nitrogen and oxygen atoms in total. The summed E-state index contributed by atoms with van der Waals surface area (Å²) in [5, 5.41) is 21.8.